The van der Waals surface area contributed by atoms with Gasteiger partial charge in [-0.25, -0.2) is 0 Å². The standard InChI is InChI=1S/C15H20BrNO2/c1-10-4-3-5-13(14(10)16)15(19)17-8-6-12(7-9-17)11(2)18/h3-5,11-12,18H,6-9H2,1-2H3. The van der Waals surface area contributed by atoms with E-state index in [0.29, 0.717) is 5.92 Å². The highest BCUT2D eigenvalue weighted by Gasteiger charge is 2.26. The minimum absolute atomic E-state index is 0.0830. The van der Waals surface area contributed by atoms with E-state index in [1.807, 2.05) is 36.9 Å². The van der Waals surface area contributed by atoms with Crippen molar-refractivity contribution in [2.75, 3.05) is 13.1 Å². The van der Waals surface area contributed by atoms with Crippen molar-refractivity contribution in [1.82, 2.24) is 4.90 Å². The molecule has 1 N–H and O–H groups in total. The fourth-order valence-electron chi connectivity index (χ4n) is 2.57. The van der Waals surface area contributed by atoms with E-state index in [0.717, 1.165) is 41.5 Å². The Balaban J connectivity index is 2.07. The molecule has 1 unspecified atom stereocenters. The molecule has 0 spiro atoms. The van der Waals surface area contributed by atoms with Gasteiger partial charge in [-0.1, -0.05) is 12.1 Å². The number of hydrogen-bond acceptors (Lipinski definition) is 2. The molecule has 3 nitrogen and oxygen atoms in total. The zero-order valence-electron chi connectivity index (χ0n) is 11.4. The van der Waals surface area contributed by atoms with E-state index in [1.165, 1.54) is 0 Å². The van der Waals surface area contributed by atoms with Gasteiger partial charge in [-0.15, -0.1) is 0 Å². The van der Waals surface area contributed by atoms with Crippen molar-refractivity contribution in [2.45, 2.75) is 32.8 Å². The molecule has 1 aromatic rings. The molecule has 0 bridgehead atoms. The summed E-state index contributed by atoms with van der Waals surface area (Å²) in [6.45, 7) is 5.28. The number of amides is 1. The molecule has 1 amide bonds. The first kappa shape index (κ1) is 14.5. The van der Waals surface area contributed by atoms with Gasteiger partial charge in [-0.3, -0.25) is 4.79 Å². The fourth-order valence-corrected chi connectivity index (χ4v) is 3.00. The summed E-state index contributed by atoms with van der Waals surface area (Å²) in [7, 11) is 0. The number of aliphatic hydroxyl groups excluding tert-OH is 1. The monoisotopic (exact) mass is 325 g/mol. The first-order valence-corrected chi connectivity index (χ1v) is 7.52. The summed E-state index contributed by atoms with van der Waals surface area (Å²) in [4.78, 5) is 14.4. The van der Waals surface area contributed by atoms with Gasteiger partial charge in [0.05, 0.1) is 11.7 Å². The molecule has 1 aliphatic heterocycles. The fraction of sp³-hybridized carbons (Fsp3) is 0.533. The number of carbonyl (C=O) groups is 1. The van der Waals surface area contributed by atoms with Crippen LogP contribution < -0.4 is 0 Å². The summed E-state index contributed by atoms with van der Waals surface area (Å²) >= 11 is 3.49. The Kier molecular flexibility index (Phi) is 4.63. The Labute approximate surface area is 122 Å². The lowest BCUT2D eigenvalue weighted by Crippen LogP contribution is -2.40. The maximum absolute atomic E-state index is 12.5. The van der Waals surface area contributed by atoms with Gasteiger partial charge in [-0.2, -0.15) is 0 Å². The predicted molar refractivity (Wildman–Crippen MR) is 79.2 cm³/mol. The average molecular weight is 326 g/mol. The van der Waals surface area contributed by atoms with E-state index in [2.05, 4.69) is 15.9 Å². The topological polar surface area (TPSA) is 40.5 Å². The lowest BCUT2D eigenvalue weighted by atomic mass is 9.92. The molecular formula is C15H20BrNO2. The van der Waals surface area contributed by atoms with Crippen molar-refractivity contribution < 1.29 is 9.90 Å². The van der Waals surface area contributed by atoms with Crippen molar-refractivity contribution in [3.8, 4) is 0 Å². The molecule has 1 heterocycles. The maximum Gasteiger partial charge on any atom is 0.255 e. The molecular weight excluding hydrogens is 306 g/mol. The summed E-state index contributed by atoms with van der Waals surface area (Å²) in [6.07, 6.45) is 1.49. The van der Waals surface area contributed by atoms with Crippen molar-refractivity contribution in [2.24, 2.45) is 5.92 Å². The highest BCUT2D eigenvalue weighted by molar-refractivity contribution is 9.10. The van der Waals surface area contributed by atoms with Gasteiger partial charge in [0.2, 0.25) is 0 Å². The van der Waals surface area contributed by atoms with Crippen LogP contribution in [0.4, 0.5) is 0 Å². The second kappa shape index (κ2) is 6.06. The zero-order chi connectivity index (χ0) is 14.0. The number of aryl methyl sites for hydroxylation is 1. The van der Waals surface area contributed by atoms with Gasteiger partial charge in [0.15, 0.2) is 0 Å². The summed E-state index contributed by atoms with van der Waals surface area (Å²) < 4.78 is 0.887. The Bertz CT molecular complexity index is 465. The van der Waals surface area contributed by atoms with E-state index in [4.69, 9.17) is 0 Å². The second-order valence-corrected chi connectivity index (χ2v) is 6.10. The number of rotatable bonds is 2. The molecule has 19 heavy (non-hydrogen) atoms. The zero-order valence-corrected chi connectivity index (χ0v) is 13.0. The molecule has 4 heteroatoms. The molecule has 2 rings (SSSR count). The predicted octanol–water partition coefficient (Wildman–Crippen LogP) is 2.99. The van der Waals surface area contributed by atoms with Crippen molar-refractivity contribution >= 4 is 21.8 Å². The smallest absolute Gasteiger partial charge is 0.255 e. The molecule has 1 fully saturated rings. The van der Waals surface area contributed by atoms with Crippen LogP contribution in [0.3, 0.4) is 0 Å². The normalized spacial score (nSPS) is 18.4. The lowest BCUT2D eigenvalue weighted by molar-refractivity contribution is 0.0520. The Morgan fingerprint density at radius 2 is 2.05 bits per heavy atom. The van der Waals surface area contributed by atoms with Gasteiger partial charge in [0.25, 0.3) is 5.91 Å². The van der Waals surface area contributed by atoms with Crippen LogP contribution in [-0.4, -0.2) is 35.1 Å². The molecule has 1 aliphatic rings. The SMILES string of the molecule is Cc1cccc(C(=O)N2CCC(C(C)O)CC2)c1Br. The first-order chi connectivity index (χ1) is 9.00. The van der Waals surface area contributed by atoms with Gasteiger partial charge >= 0.3 is 0 Å². The lowest BCUT2D eigenvalue weighted by Gasteiger charge is -2.33. The van der Waals surface area contributed by atoms with Crippen LogP contribution >= 0.6 is 15.9 Å². The third kappa shape index (κ3) is 3.18. The molecule has 0 aromatic heterocycles. The number of hydrogen-bond donors (Lipinski definition) is 1. The highest BCUT2D eigenvalue weighted by Crippen LogP contribution is 2.26. The van der Waals surface area contributed by atoms with Crippen LogP contribution in [0.25, 0.3) is 0 Å². The minimum atomic E-state index is -0.275. The van der Waals surface area contributed by atoms with Gasteiger partial charge in [-0.05, 0) is 60.2 Å². The Morgan fingerprint density at radius 3 is 2.63 bits per heavy atom. The maximum atomic E-state index is 12.5. The van der Waals surface area contributed by atoms with Crippen molar-refractivity contribution in [3.63, 3.8) is 0 Å². The largest absolute Gasteiger partial charge is 0.393 e. The highest BCUT2D eigenvalue weighted by atomic mass is 79.9. The van der Waals surface area contributed by atoms with Crippen LogP contribution in [0, 0.1) is 12.8 Å². The molecule has 1 atom stereocenters. The minimum Gasteiger partial charge on any atom is -0.393 e. The third-order valence-corrected chi connectivity index (χ3v) is 4.98. The van der Waals surface area contributed by atoms with Crippen molar-refractivity contribution in [3.05, 3.63) is 33.8 Å². The van der Waals surface area contributed by atoms with Gasteiger partial charge in [0.1, 0.15) is 0 Å². The van der Waals surface area contributed by atoms with E-state index in [9.17, 15) is 9.90 Å². The van der Waals surface area contributed by atoms with Gasteiger partial charge < -0.3 is 10.0 Å². The Hall–Kier alpha value is -0.870. The van der Waals surface area contributed by atoms with E-state index in [-0.39, 0.29) is 12.0 Å². The quantitative estimate of drug-likeness (QED) is 0.908. The number of nitrogens with zero attached hydrogens (tertiary/aromatic N) is 1. The third-order valence-electron chi connectivity index (χ3n) is 3.93. The number of aliphatic hydroxyl groups is 1. The van der Waals surface area contributed by atoms with Crippen LogP contribution in [0.1, 0.15) is 35.7 Å². The number of halogens is 1. The number of carbonyl (C=O) groups excluding carboxylic acids is 1. The summed E-state index contributed by atoms with van der Waals surface area (Å²) in [5.74, 6) is 0.407. The van der Waals surface area contributed by atoms with Crippen molar-refractivity contribution in [1.29, 1.82) is 0 Å². The van der Waals surface area contributed by atoms with Crippen LogP contribution in [0.2, 0.25) is 0 Å². The van der Waals surface area contributed by atoms with E-state index >= 15 is 0 Å². The molecule has 0 saturated carbocycles. The summed E-state index contributed by atoms with van der Waals surface area (Å²) in [6, 6.07) is 5.76. The molecule has 104 valence electrons. The molecule has 0 aliphatic carbocycles. The van der Waals surface area contributed by atoms with Crippen LogP contribution in [0.15, 0.2) is 22.7 Å². The average Bonchev–Trinajstić information content (AvgIpc) is 2.41. The van der Waals surface area contributed by atoms with Crippen LogP contribution in [-0.2, 0) is 0 Å². The number of piperidine rings is 1. The summed E-state index contributed by atoms with van der Waals surface area (Å²) in [5, 5.41) is 9.59. The Morgan fingerprint density at radius 1 is 1.42 bits per heavy atom. The van der Waals surface area contributed by atoms with Gasteiger partial charge in [0, 0.05) is 17.6 Å². The first-order valence-electron chi connectivity index (χ1n) is 6.73. The number of likely N-dealkylation sites (tertiary alicyclic amines) is 1. The number of benzene rings is 1. The second-order valence-electron chi connectivity index (χ2n) is 5.31. The molecule has 1 aromatic carbocycles. The van der Waals surface area contributed by atoms with E-state index in [1.54, 1.807) is 0 Å². The molecule has 0 radical (unpaired) electrons. The van der Waals surface area contributed by atoms with Crippen LogP contribution in [0.5, 0.6) is 0 Å². The summed E-state index contributed by atoms with van der Waals surface area (Å²) in [5.41, 5.74) is 1.81. The molecule has 1 saturated heterocycles. The van der Waals surface area contributed by atoms with E-state index < -0.39 is 0 Å².